The van der Waals surface area contributed by atoms with Crippen LogP contribution in [0.2, 0.25) is 0 Å². The molecule has 0 aliphatic rings. The van der Waals surface area contributed by atoms with Gasteiger partial charge in [0, 0.05) is 31.4 Å². The number of nitrogens with two attached hydrogens (primary N) is 1. The molecule has 0 unspecified atom stereocenters. The number of rotatable bonds is 5. The van der Waals surface area contributed by atoms with Crippen molar-refractivity contribution >= 4 is 10.0 Å². The van der Waals surface area contributed by atoms with Gasteiger partial charge in [-0.15, -0.1) is 0 Å². The maximum absolute atomic E-state index is 13.9. The minimum Gasteiger partial charge on any atom is -0.326 e. The predicted octanol–water partition coefficient (Wildman–Crippen LogP) is 0.805. The third-order valence-corrected chi connectivity index (χ3v) is 4.75. The average Bonchev–Trinajstić information content (AvgIpc) is 2.76. The Morgan fingerprint density at radius 3 is 2.67 bits per heavy atom. The lowest BCUT2D eigenvalue weighted by molar-refractivity contribution is 0.555. The van der Waals surface area contributed by atoms with Gasteiger partial charge < -0.3 is 5.73 Å². The van der Waals surface area contributed by atoms with Crippen LogP contribution in [-0.2, 0) is 30.2 Å². The van der Waals surface area contributed by atoms with Gasteiger partial charge in [-0.1, -0.05) is 6.07 Å². The van der Waals surface area contributed by atoms with E-state index in [0.717, 1.165) is 17.3 Å². The van der Waals surface area contributed by atoms with Crippen molar-refractivity contribution in [1.29, 1.82) is 0 Å². The van der Waals surface area contributed by atoms with Crippen molar-refractivity contribution in [2.24, 2.45) is 12.8 Å². The highest BCUT2D eigenvalue weighted by molar-refractivity contribution is 7.89. The summed E-state index contributed by atoms with van der Waals surface area (Å²) in [5.74, 6) is -0.812. The van der Waals surface area contributed by atoms with Crippen molar-refractivity contribution in [2.75, 3.05) is 0 Å². The molecule has 0 spiro atoms. The molecule has 0 aliphatic carbocycles. The SMILES string of the molecule is Cc1c(CNS(=O)(=O)c2ccc(CN)cc2F)cnn1C. The van der Waals surface area contributed by atoms with Crippen LogP contribution < -0.4 is 10.5 Å². The molecule has 6 nitrogen and oxygen atoms in total. The standard InChI is InChI=1S/C13H17FN4O2S/c1-9-11(7-16-18(9)2)8-17-21(19,20)13-4-3-10(6-15)5-12(13)14/h3-5,7,17H,6,8,15H2,1-2H3. The molecular weight excluding hydrogens is 295 g/mol. The maximum atomic E-state index is 13.9. The summed E-state index contributed by atoms with van der Waals surface area (Å²) in [6.07, 6.45) is 1.58. The first-order chi connectivity index (χ1) is 9.85. The minimum atomic E-state index is -3.92. The fraction of sp³-hybridized carbons (Fsp3) is 0.308. The highest BCUT2D eigenvalue weighted by Gasteiger charge is 2.19. The van der Waals surface area contributed by atoms with Crippen molar-refractivity contribution in [3.8, 4) is 0 Å². The molecule has 114 valence electrons. The zero-order valence-electron chi connectivity index (χ0n) is 11.8. The largest absolute Gasteiger partial charge is 0.326 e. The summed E-state index contributed by atoms with van der Waals surface area (Å²) in [6.45, 7) is 2.03. The van der Waals surface area contributed by atoms with E-state index in [0.29, 0.717) is 5.56 Å². The van der Waals surface area contributed by atoms with Crippen molar-refractivity contribution < 1.29 is 12.8 Å². The summed E-state index contributed by atoms with van der Waals surface area (Å²) in [6, 6.07) is 3.84. The first-order valence-corrected chi connectivity index (χ1v) is 7.79. The number of nitrogens with zero attached hydrogens (tertiary/aromatic N) is 2. The molecule has 0 amide bonds. The van der Waals surface area contributed by atoms with Gasteiger partial charge in [0.25, 0.3) is 0 Å². The molecule has 1 heterocycles. The van der Waals surface area contributed by atoms with E-state index in [4.69, 9.17) is 5.73 Å². The van der Waals surface area contributed by atoms with E-state index in [-0.39, 0.29) is 18.0 Å². The topological polar surface area (TPSA) is 90.0 Å². The van der Waals surface area contributed by atoms with Crippen LogP contribution in [0.5, 0.6) is 0 Å². The number of sulfonamides is 1. The van der Waals surface area contributed by atoms with E-state index in [1.54, 1.807) is 17.9 Å². The molecule has 1 aromatic heterocycles. The zero-order chi connectivity index (χ0) is 15.6. The lowest BCUT2D eigenvalue weighted by Crippen LogP contribution is -2.24. The Hall–Kier alpha value is -1.77. The molecule has 0 aliphatic heterocycles. The van der Waals surface area contributed by atoms with Crippen molar-refractivity contribution in [3.63, 3.8) is 0 Å². The summed E-state index contributed by atoms with van der Waals surface area (Å²) < 4.78 is 42.1. The second kappa shape index (κ2) is 5.92. The molecule has 0 fully saturated rings. The summed E-state index contributed by atoms with van der Waals surface area (Å²) in [7, 11) is -2.16. The van der Waals surface area contributed by atoms with E-state index in [2.05, 4.69) is 9.82 Å². The number of hydrogen-bond donors (Lipinski definition) is 2. The molecule has 0 radical (unpaired) electrons. The maximum Gasteiger partial charge on any atom is 0.243 e. The second-order valence-corrected chi connectivity index (χ2v) is 6.41. The Bertz CT molecular complexity index is 756. The fourth-order valence-electron chi connectivity index (χ4n) is 1.86. The Balaban J connectivity index is 2.21. The molecule has 21 heavy (non-hydrogen) atoms. The highest BCUT2D eigenvalue weighted by atomic mass is 32.2. The quantitative estimate of drug-likeness (QED) is 0.854. The average molecular weight is 312 g/mol. The van der Waals surface area contributed by atoms with Gasteiger partial charge in [0.1, 0.15) is 10.7 Å². The fourth-order valence-corrected chi connectivity index (χ4v) is 2.92. The van der Waals surface area contributed by atoms with E-state index in [1.165, 1.54) is 12.1 Å². The molecule has 0 saturated heterocycles. The molecule has 8 heteroatoms. The number of aromatic nitrogens is 2. The van der Waals surface area contributed by atoms with Gasteiger partial charge in [0.2, 0.25) is 10.0 Å². The Morgan fingerprint density at radius 1 is 1.43 bits per heavy atom. The van der Waals surface area contributed by atoms with Crippen LogP contribution >= 0.6 is 0 Å². The molecule has 0 saturated carbocycles. The first kappa shape index (κ1) is 15.6. The van der Waals surface area contributed by atoms with Gasteiger partial charge in [0.05, 0.1) is 6.20 Å². The number of benzene rings is 1. The van der Waals surface area contributed by atoms with Crippen LogP contribution in [-0.4, -0.2) is 18.2 Å². The van der Waals surface area contributed by atoms with Gasteiger partial charge >= 0.3 is 0 Å². The second-order valence-electron chi connectivity index (χ2n) is 4.67. The Labute approximate surface area is 122 Å². The summed E-state index contributed by atoms with van der Waals surface area (Å²) in [5, 5.41) is 4.02. The molecule has 2 aromatic rings. The first-order valence-electron chi connectivity index (χ1n) is 6.31. The number of halogens is 1. The van der Waals surface area contributed by atoms with E-state index < -0.39 is 15.8 Å². The van der Waals surface area contributed by atoms with Crippen molar-refractivity contribution in [1.82, 2.24) is 14.5 Å². The van der Waals surface area contributed by atoms with Crippen LogP contribution in [0.1, 0.15) is 16.8 Å². The summed E-state index contributed by atoms with van der Waals surface area (Å²) in [4.78, 5) is -0.388. The van der Waals surface area contributed by atoms with Gasteiger partial charge in [-0.05, 0) is 24.6 Å². The predicted molar refractivity (Wildman–Crippen MR) is 76.3 cm³/mol. The number of nitrogens with one attached hydrogen (secondary N) is 1. The van der Waals surface area contributed by atoms with E-state index in [1.807, 2.05) is 6.92 Å². The molecule has 1 aromatic carbocycles. The van der Waals surface area contributed by atoms with E-state index in [9.17, 15) is 12.8 Å². The molecule has 0 bridgehead atoms. The van der Waals surface area contributed by atoms with Crippen molar-refractivity contribution in [2.45, 2.75) is 24.9 Å². The van der Waals surface area contributed by atoms with E-state index >= 15 is 0 Å². The summed E-state index contributed by atoms with van der Waals surface area (Å²) >= 11 is 0. The minimum absolute atomic E-state index is 0.0556. The smallest absolute Gasteiger partial charge is 0.243 e. The third-order valence-electron chi connectivity index (χ3n) is 3.31. The Morgan fingerprint density at radius 2 is 2.14 bits per heavy atom. The normalized spacial score (nSPS) is 11.8. The van der Waals surface area contributed by atoms with Gasteiger partial charge in [0.15, 0.2) is 0 Å². The Kier molecular flexibility index (Phi) is 4.40. The number of hydrogen-bond acceptors (Lipinski definition) is 4. The van der Waals surface area contributed by atoms with Crippen LogP contribution in [0.3, 0.4) is 0 Å². The number of aryl methyl sites for hydroxylation is 1. The van der Waals surface area contributed by atoms with Gasteiger partial charge in [-0.3, -0.25) is 4.68 Å². The van der Waals surface area contributed by atoms with Crippen molar-refractivity contribution in [3.05, 3.63) is 47.0 Å². The lowest BCUT2D eigenvalue weighted by Gasteiger charge is -2.08. The third kappa shape index (κ3) is 3.29. The summed E-state index contributed by atoms with van der Waals surface area (Å²) in [5.41, 5.74) is 7.51. The van der Waals surface area contributed by atoms with Gasteiger partial charge in [-0.2, -0.15) is 5.10 Å². The van der Waals surface area contributed by atoms with Crippen LogP contribution in [0.15, 0.2) is 29.3 Å². The molecule has 2 rings (SSSR count). The lowest BCUT2D eigenvalue weighted by atomic mass is 10.2. The zero-order valence-corrected chi connectivity index (χ0v) is 12.6. The van der Waals surface area contributed by atoms with Gasteiger partial charge in [-0.25, -0.2) is 17.5 Å². The highest BCUT2D eigenvalue weighted by Crippen LogP contribution is 2.16. The van der Waals surface area contributed by atoms with Crippen LogP contribution in [0.25, 0.3) is 0 Å². The van der Waals surface area contributed by atoms with Crippen LogP contribution in [0.4, 0.5) is 4.39 Å². The van der Waals surface area contributed by atoms with Crippen LogP contribution in [0, 0.1) is 12.7 Å². The molecule has 0 atom stereocenters. The monoisotopic (exact) mass is 312 g/mol. The molecular formula is C13H17FN4O2S. The molecule has 3 N–H and O–H groups in total.